The molecule has 1 aromatic carbocycles. The molecule has 0 bridgehead atoms. The van der Waals surface area contributed by atoms with Crippen molar-refractivity contribution in [3.05, 3.63) is 28.6 Å². The van der Waals surface area contributed by atoms with E-state index < -0.39 is 0 Å². The van der Waals surface area contributed by atoms with Gasteiger partial charge in [-0.25, -0.2) is 0 Å². The summed E-state index contributed by atoms with van der Waals surface area (Å²) in [6, 6.07) is 6.17. The maximum absolute atomic E-state index is 12.8. The third kappa shape index (κ3) is 2.64. The number of aryl methyl sites for hydroxylation is 1. The summed E-state index contributed by atoms with van der Waals surface area (Å²) in [5.74, 6) is 0.0964. The van der Waals surface area contributed by atoms with E-state index in [9.17, 15) is 4.79 Å². The Hall–Kier alpha value is -1.55. The molecule has 4 heteroatoms. The van der Waals surface area contributed by atoms with Crippen LogP contribution in [0.25, 0.3) is 10.1 Å². The molecule has 1 saturated heterocycles. The number of likely N-dealkylation sites (tertiary alicyclic amines) is 1. The minimum atomic E-state index is 0.0964. The maximum atomic E-state index is 12.8. The zero-order chi connectivity index (χ0) is 15.2. The quantitative estimate of drug-likeness (QED) is 0.863. The summed E-state index contributed by atoms with van der Waals surface area (Å²) >= 11 is 1.52. The second-order valence-electron chi connectivity index (χ2n) is 6.84. The van der Waals surface area contributed by atoms with E-state index in [1.807, 2.05) is 17.0 Å². The molecule has 1 fully saturated rings. The van der Waals surface area contributed by atoms with Crippen LogP contribution in [0.4, 0.5) is 5.69 Å². The van der Waals surface area contributed by atoms with Gasteiger partial charge in [0, 0.05) is 23.2 Å². The van der Waals surface area contributed by atoms with Crippen molar-refractivity contribution >= 4 is 33.0 Å². The molecule has 21 heavy (non-hydrogen) atoms. The summed E-state index contributed by atoms with van der Waals surface area (Å²) in [7, 11) is 0. The van der Waals surface area contributed by atoms with Crippen molar-refractivity contribution < 1.29 is 4.79 Å². The van der Waals surface area contributed by atoms with E-state index in [2.05, 4.69) is 26.8 Å². The average Bonchev–Trinajstić information content (AvgIpc) is 2.73. The standard InChI is InChI=1S/C17H22N2OS/c1-11-5-6-12-13(9-11)21-15(14(12)18)16(20)19-8-4-7-17(2,3)10-19/h5-6,9H,4,7-8,10,18H2,1-3H3. The highest BCUT2D eigenvalue weighted by atomic mass is 32.1. The number of piperidine rings is 1. The smallest absolute Gasteiger partial charge is 0.266 e. The van der Waals surface area contributed by atoms with Crippen molar-refractivity contribution in [1.82, 2.24) is 4.90 Å². The normalized spacial score (nSPS) is 18.1. The van der Waals surface area contributed by atoms with Crippen molar-refractivity contribution in [2.75, 3.05) is 18.8 Å². The first-order chi connectivity index (χ1) is 9.87. The van der Waals surface area contributed by atoms with Crippen LogP contribution in [-0.4, -0.2) is 23.9 Å². The van der Waals surface area contributed by atoms with Crippen LogP contribution in [0.1, 0.15) is 41.9 Å². The van der Waals surface area contributed by atoms with Gasteiger partial charge in [0.1, 0.15) is 4.88 Å². The Morgan fingerprint density at radius 2 is 2.14 bits per heavy atom. The molecule has 0 saturated carbocycles. The van der Waals surface area contributed by atoms with Crippen LogP contribution in [0.3, 0.4) is 0 Å². The molecule has 0 radical (unpaired) electrons. The topological polar surface area (TPSA) is 46.3 Å². The molecule has 1 aromatic heterocycles. The number of nitrogens with two attached hydrogens (primary N) is 1. The highest BCUT2D eigenvalue weighted by Crippen LogP contribution is 2.36. The van der Waals surface area contributed by atoms with Crippen molar-refractivity contribution in [2.24, 2.45) is 5.41 Å². The monoisotopic (exact) mass is 302 g/mol. The number of benzene rings is 1. The molecular formula is C17H22N2OS. The second-order valence-corrected chi connectivity index (χ2v) is 7.89. The molecule has 2 N–H and O–H groups in total. The molecule has 2 aromatic rings. The van der Waals surface area contributed by atoms with E-state index in [-0.39, 0.29) is 11.3 Å². The SMILES string of the molecule is Cc1ccc2c(N)c(C(=O)N3CCCC(C)(C)C3)sc2c1. The summed E-state index contributed by atoms with van der Waals surface area (Å²) in [4.78, 5) is 15.5. The van der Waals surface area contributed by atoms with Gasteiger partial charge in [0.25, 0.3) is 5.91 Å². The Balaban J connectivity index is 1.96. The summed E-state index contributed by atoms with van der Waals surface area (Å²) in [6.45, 7) is 8.17. The van der Waals surface area contributed by atoms with E-state index in [0.717, 1.165) is 29.6 Å². The van der Waals surface area contributed by atoms with E-state index in [1.165, 1.54) is 23.3 Å². The molecule has 3 nitrogen and oxygen atoms in total. The maximum Gasteiger partial charge on any atom is 0.266 e. The number of thiophene rings is 1. The van der Waals surface area contributed by atoms with E-state index >= 15 is 0 Å². The van der Waals surface area contributed by atoms with Gasteiger partial charge in [-0.1, -0.05) is 26.0 Å². The second kappa shape index (κ2) is 5.02. The number of anilines is 1. The third-order valence-electron chi connectivity index (χ3n) is 4.27. The minimum Gasteiger partial charge on any atom is -0.397 e. The van der Waals surface area contributed by atoms with Crippen LogP contribution in [0.2, 0.25) is 0 Å². The summed E-state index contributed by atoms with van der Waals surface area (Å²) in [5.41, 5.74) is 8.27. The molecule has 112 valence electrons. The summed E-state index contributed by atoms with van der Waals surface area (Å²) < 4.78 is 1.10. The lowest BCUT2D eigenvalue weighted by atomic mass is 9.84. The number of nitrogens with zero attached hydrogens (tertiary/aromatic N) is 1. The van der Waals surface area contributed by atoms with Gasteiger partial charge in [-0.15, -0.1) is 11.3 Å². The number of amides is 1. The Morgan fingerprint density at radius 3 is 2.86 bits per heavy atom. The van der Waals surface area contributed by atoms with Gasteiger partial charge < -0.3 is 10.6 Å². The highest BCUT2D eigenvalue weighted by molar-refractivity contribution is 7.21. The Labute approximate surface area is 129 Å². The van der Waals surface area contributed by atoms with Crippen LogP contribution in [-0.2, 0) is 0 Å². The average molecular weight is 302 g/mol. The van der Waals surface area contributed by atoms with Crippen molar-refractivity contribution in [3.63, 3.8) is 0 Å². The lowest BCUT2D eigenvalue weighted by Crippen LogP contribution is -2.43. The number of fused-ring (bicyclic) bond motifs is 1. The summed E-state index contributed by atoms with van der Waals surface area (Å²) in [6.07, 6.45) is 2.25. The Morgan fingerprint density at radius 1 is 1.38 bits per heavy atom. The highest BCUT2D eigenvalue weighted by Gasteiger charge is 2.31. The molecule has 2 heterocycles. The number of carbonyl (C=O) groups is 1. The zero-order valence-corrected chi connectivity index (χ0v) is 13.7. The fourth-order valence-corrected chi connectivity index (χ4v) is 4.31. The van der Waals surface area contributed by atoms with Crippen molar-refractivity contribution in [1.29, 1.82) is 0 Å². The minimum absolute atomic E-state index is 0.0964. The largest absolute Gasteiger partial charge is 0.397 e. The fourth-order valence-electron chi connectivity index (χ4n) is 3.12. The van der Waals surface area contributed by atoms with Gasteiger partial charge in [-0.2, -0.15) is 0 Å². The summed E-state index contributed by atoms with van der Waals surface area (Å²) in [5, 5.41) is 1.00. The molecule has 0 spiro atoms. The number of hydrogen-bond acceptors (Lipinski definition) is 3. The Bertz CT molecular complexity index is 702. The van der Waals surface area contributed by atoms with Gasteiger partial charge in [0.15, 0.2) is 0 Å². The van der Waals surface area contributed by atoms with Gasteiger partial charge in [-0.05, 0) is 36.8 Å². The molecule has 1 aliphatic heterocycles. The molecular weight excluding hydrogens is 280 g/mol. The van der Waals surface area contributed by atoms with Crippen LogP contribution in [0.15, 0.2) is 18.2 Å². The fraction of sp³-hybridized carbons (Fsp3) is 0.471. The molecule has 1 aliphatic rings. The number of rotatable bonds is 1. The Kier molecular flexibility index (Phi) is 3.44. The molecule has 3 rings (SSSR count). The van der Waals surface area contributed by atoms with Crippen LogP contribution in [0, 0.1) is 12.3 Å². The number of carbonyl (C=O) groups excluding carboxylic acids is 1. The first-order valence-electron chi connectivity index (χ1n) is 7.45. The third-order valence-corrected chi connectivity index (χ3v) is 5.42. The zero-order valence-electron chi connectivity index (χ0n) is 12.9. The predicted octanol–water partition coefficient (Wildman–Crippen LogP) is 4.05. The molecule has 0 atom stereocenters. The molecule has 0 unspecified atom stereocenters. The molecule has 1 amide bonds. The number of hydrogen-bond donors (Lipinski definition) is 1. The lowest BCUT2D eigenvalue weighted by molar-refractivity contribution is 0.0589. The van der Waals surface area contributed by atoms with Crippen LogP contribution < -0.4 is 5.73 Å². The van der Waals surface area contributed by atoms with Crippen molar-refractivity contribution in [2.45, 2.75) is 33.6 Å². The first-order valence-corrected chi connectivity index (χ1v) is 8.27. The van der Waals surface area contributed by atoms with Crippen LogP contribution in [0.5, 0.6) is 0 Å². The van der Waals surface area contributed by atoms with Gasteiger partial charge >= 0.3 is 0 Å². The first kappa shape index (κ1) is 14.4. The van der Waals surface area contributed by atoms with E-state index in [4.69, 9.17) is 5.73 Å². The van der Waals surface area contributed by atoms with E-state index in [1.54, 1.807) is 0 Å². The van der Waals surface area contributed by atoms with Crippen molar-refractivity contribution in [3.8, 4) is 0 Å². The van der Waals surface area contributed by atoms with Gasteiger partial charge in [-0.3, -0.25) is 4.79 Å². The lowest BCUT2D eigenvalue weighted by Gasteiger charge is -2.37. The van der Waals surface area contributed by atoms with Gasteiger partial charge in [0.2, 0.25) is 0 Å². The predicted molar refractivity (Wildman–Crippen MR) is 89.9 cm³/mol. The van der Waals surface area contributed by atoms with E-state index in [0.29, 0.717) is 10.6 Å². The van der Waals surface area contributed by atoms with Crippen LogP contribution >= 0.6 is 11.3 Å². The van der Waals surface area contributed by atoms with Gasteiger partial charge in [0.05, 0.1) is 5.69 Å². The number of nitrogen functional groups attached to an aromatic ring is 1. The molecule has 0 aliphatic carbocycles.